The van der Waals surface area contributed by atoms with Gasteiger partial charge in [0.15, 0.2) is 0 Å². The molecule has 0 spiro atoms. The molecule has 0 aromatic carbocycles. The first-order valence-corrected chi connectivity index (χ1v) is 23.9. The Balaban J connectivity index is 3.52. The minimum absolute atomic E-state index is 0.0385. The van der Waals surface area contributed by atoms with Crippen LogP contribution in [0.4, 0.5) is 0 Å². The van der Waals surface area contributed by atoms with Gasteiger partial charge in [-0.25, -0.2) is 0 Å². The summed E-state index contributed by atoms with van der Waals surface area (Å²) in [5, 5.41) is 22.8. The van der Waals surface area contributed by atoms with E-state index in [1.807, 2.05) is 6.08 Å². The minimum Gasteiger partial charge on any atom is -0.466 e. The molecular weight excluding hydrogens is 695 g/mol. The van der Waals surface area contributed by atoms with Crippen LogP contribution in [0.3, 0.4) is 0 Å². The van der Waals surface area contributed by atoms with Crippen LogP contribution in [0.5, 0.6) is 0 Å². The first-order valence-electron chi connectivity index (χ1n) is 23.9. The lowest BCUT2D eigenvalue weighted by Gasteiger charge is -2.20. The predicted octanol–water partition coefficient (Wildman–Crippen LogP) is 13.9. The Hall–Kier alpha value is -2.18. The highest BCUT2D eigenvalue weighted by atomic mass is 16.5. The smallest absolute Gasteiger partial charge is 0.305 e. The van der Waals surface area contributed by atoms with Crippen LogP contribution in [0.25, 0.3) is 0 Å². The summed E-state index contributed by atoms with van der Waals surface area (Å²) in [6.45, 7) is 4.75. The molecule has 3 N–H and O–H groups in total. The molecule has 0 radical (unpaired) electrons. The summed E-state index contributed by atoms with van der Waals surface area (Å²) >= 11 is 0. The molecule has 0 aliphatic rings. The third kappa shape index (κ3) is 41.5. The molecule has 0 saturated heterocycles. The summed E-state index contributed by atoms with van der Waals surface area (Å²) in [5.74, 6) is -0.141. The number of carbonyl (C=O) groups is 2. The Morgan fingerprint density at radius 2 is 0.893 bits per heavy atom. The number of nitrogens with one attached hydrogen (secondary N) is 1. The lowest BCUT2D eigenvalue weighted by atomic mass is 10.1. The number of amides is 1. The fourth-order valence-electron chi connectivity index (χ4n) is 6.83. The van der Waals surface area contributed by atoms with Crippen molar-refractivity contribution in [2.45, 2.75) is 244 Å². The van der Waals surface area contributed by atoms with E-state index in [-0.39, 0.29) is 18.5 Å². The van der Waals surface area contributed by atoms with Crippen LogP contribution in [0.1, 0.15) is 232 Å². The fourth-order valence-corrected chi connectivity index (χ4v) is 6.83. The predicted molar refractivity (Wildman–Crippen MR) is 241 cm³/mol. The van der Waals surface area contributed by atoms with E-state index >= 15 is 0 Å². The van der Waals surface area contributed by atoms with E-state index in [0.29, 0.717) is 19.4 Å². The van der Waals surface area contributed by atoms with Gasteiger partial charge in [0, 0.05) is 12.8 Å². The van der Waals surface area contributed by atoms with Crippen molar-refractivity contribution in [3.8, 4) is 0 Å². The summed E-state index contributed by atoms with van der Waals surface area (Å²) in [6.07, 6.45) is 55.4. The second kappa shape index (κ2) is 45.5. The van der Waals surface area contributed by atoms with Crippen LogP contribution in [0, 0.1) is 0 Å². The number of ether oxygens (including phenoxy) is 1. The molecule has 2 atom stereocenters. The van der Waals surface area contributed by atoms with Crippen LogP contribution in [0.2, 0.25) is 0 Å². The number of unbranched alkanes of at least 4 members (excludes halogenated alkanes) is 26. The zero-order chi connectivity index (χ0) is 40.8. The van der Waals surface area contributed by atoms with E-state index in [0.717, 1.165) is 89.9 Å². The van der Waals surface area contributed by atoms with Gasteiger partial charge in [0.2, 0.25) is 5.91 Å². The largest absolute Gasteiger partial charge is 0.466 e. The van der Waals surface area contributed by atoms with E-state index in [1.54, 1.807) is 6.08 Å². The van der Waals surface area contributed by atoms with Crippen molar-refractivity contribution in [3.05, 3.63) is 48.6 Å². The lowest BCUT2D eigenvalue weighted by Crippen LogP contribution is -2.45. The quantitative estimate of drug-likeness (QED) is 0.0325. The Bertz CT molecular complexity index is 957. The van der Waals surface area contributed by atoms with Gasteiger partial charge in [0.05, 0.1) is 25.4 Å². The first-order chi connectivity index (χ1) is 27.5. The van der Waals surface area contributed by atoms with Gasteiger partial charge in [-0.05, 0) is 89.9 Å². The van der Waals surface area contributed by atoms with Crippen molar-refractivity contribution in [2.24, 2.45) is 0 Å². The average molecular weight is 786 g/mol. The summed E-state index contributed by atoms with van der Waals surface area (Å²) in [7, 11) is 0. The molecule has 6 nitrogen and oxygen atoms in total. The summed E-state index contributed by atoms with van der Waals surface area (Å²) in [5.41, 5.74) is 0. The Labute approximate surface area is 346 Å². The molecular formula is C50H91NO5. The lowest BCUT2D eigenvalue weighted by molar-refractivity contribution is -0.143. The van der Waals surface area contributed by atoms with Gasteiger partial charge in [-0.2, -0.15) is 0 Å². The van der Waals surface area contributed by atoms with E-state index in [1.165, 1.54) is 116 Å². The number of allylic oxidation sites excluding steroid dienone is 7. The summed E-state index contributed by atoms with van der Waals surface area (Å²) in [6, 6.07) is -0.648. The van der Waals surface area contributed by atoms with Gasteiger partial charge >= 0.3 is 5.97 Å². The minimum atomic E-state index is -0.861. The molecule has 0 fully saturated rings. The molecule has 2 unspecified atom stereocenters. The third-order valence-electron chi connectivity index (χ3n) is 10.6. The van der Waals surface area contributed by atoms with Gasteiger partial charge in [0.1, 0.15) is 0 Å². The van der Waals surface area contributed by atoms with Crippen LogP contribution >= 0.6 is 0 Å². The van der Waals surface area contributed by atoms with E-state index in [4.69, 9.17) is 4.74 Å². The maximum atomic E-state index is 12.3. The van der Waals surface area contributed by atoms with Crippen molar-refractivity contribution in [3.63, 3.8) is 0 Å². The average Bonchev–Trinajstić information content (AvgIpc) is 3.20. The number of carbonyl (C=O) groups excluding carboxylic acids is 2. The van der Waals surface area contributed by atoms with Crippen molar-refractivity contribution in [1.29, 1.82) is 0 Å². The highest BCUT2D eigenvalue weighted by Crippen LogP contribution is 2.13. The standard InChI is InChI=1S/C50H91NO5/c1-3-5-7-9-11-13-14-15-16-17-18-19-20-21-24-28-32-36-40-44-50(55)56-45-41-37-33-29-25-22-23-27-31-35-39-43-49(54)51-47(46-52)48(53)42-38-34-30-26-12-10-8-6-4-2/h11,13,15-16,25,29,38,42,47-48,52-53H,3-10,12,14,17-24,26-28,30-37,39-41,43-46H2,1-2H3,(H,51,54)/b13-11-,16-15-,29-25-,42-38+. The number of aliphatic hydroxyl groups excluding tert-OH is 2. The maximum absolute atomic E-state index is 12.3. The topological polar surface area (TPSA) is 95.9 Å². The molecule has 326 valence electrons. The molecule has 0 aromatic rings. The van der Waals surface area contributed by atoms with Gasteiger partial charge < -0.3 is 20.3 Å². The number of aliphatic hydroxyl groups is 2. The summed E-state index contributed by atoms with van der Waals surface area (Å²) < 4.78 is 5.44. The molecule has 0 rings (SSSR count). The number of rotatable bonds is 43. The SMILES string of the molecule is CCCCC/C=C\C/C=C\CCCCCCCCCCCC(=O)OCCCC/C=C\CCCCCCCC(=O)NC(CO)C(O)/C=C/CCCCCCCCC. The van der Waals surface area contributed by atoms with E-state index < -0.39 is 12.1 Å². The van der Waals surface area contributed by atoms with Gasteiger partial charge in [-0.1, -0.05) is 178 Å². The van der Waals surface area contributed by atoms with Crippen LogP contribution in [-0.4, -0.2) is 47.4 Å². The maximum Gasteiger partial charge on any atom is 0.305 e. The Morgan fingerprint density at radius 3 is 1.41 bits per heavy atom. The zero-order valence-corrected chi connectivity index (χ0v) is 36.8. The van der Waals surface area contributed by atoms with Crippen LogP contribution in [0.15, 0.2) is 48.6 Å². The Morgan fingerprint density at radius 1 is 0.500 bits per heavy atom. The van der Waals surface area contributed by atoms with E-state index in [2.05, 4.69) is 55.6 Å². The highest BCUT2D eigenvalue weighted by Gasteiger charge is 2.18. The fraction of sp³-hybridized carbons (Fsp3) is 0.800. The van der Waals surface area contributed by atoms with Crippen molar-refractivity contribution in [2.75, 3.05) is 13.2 Å². The van der Waals surface area contributed by atoms with Gasteiger partial charge in [0.25, 0.3) is 0 Å². The molecule has 0 saturated carbocycles. The molecule has 6 heteroatoms. The molecule has 0 aromatic heterocycles. The Kier molecular flexibility index (Phi) is 43.7. The molecule has 0 aliphatic heterocycles. The second-order valence-corrected chi connectivity index (χ2v) is 16.1. The van der Waals surface area contributed by atoms with Crippen molar-refractivity contribution < 1.29 is 24.5 Å². The van der Waals surface area contributed by atoms with Crippen molar-refractivity contribution >= 4 is 11.9 Å². The monoisotopic (exact) mass is 786 g/mol. The number of hydrogen-bond acceptors (Lipinski definition) is 5. The van der Waals surface area contributed by atoms with Crippen LogP contribution in [-0.2, 0) is 14.3 Å². The summed E-state index contributed by atoms with van der Waals surface area (Å²) in [4.78, 5) is 24.4. The molecule has 0 heterocycles. The number of hydrogen-bond donors (Lipinski definition) is 3. The first kappa shape index (κ1) is 53.8. The van der Waals surface area contributed by atoms with Gasteiger partial charge in [-0.15, -0.1) is 0 Å². The van der Waals surface area contributed by atoms with E-state index in [9.17, 15) is 19.8 Å². The normalized spacial score (nSPS) is 13.1. The molecule has 0 aliphatic carbocycles. The van der Waals surface area contributed by atoms with Gasteiger partial charge in [-0.3, -0.25) is 9.59 Å². The number of esters is 1. The molecule has 56 heavy (non-hydrogen) atoms. The third-order valence-corrected chi connectivity index (χ3v) is 10.6. The highest BCUT2D eigenvalue weighted by molar-refractivity contribution is 5.76. The van der Waals surface area contributed by atoms with Crippen molar-refractivity contribution in [1.82, 2.24) is 5.32 Å². The van der Waals surface area contributed by atoms with Crippen LogP contribution < -0.4 is 5.32 Å². The zero-order valence-electron chi connectivity index (χ0n) is 36.8. The molecule has 1 amide bonds. The second-order valence-electron chi connectivity index (χ2n) is 16.1. The molecule has 0 bridgehead atoms.